The molecule has 0 radical (unpaired) electrons. The van der Waals surface area contributed by atoms with E-state index in [-0.39, 0.29) is 16.3 Å². The van der Waals surface area contributed by atoms with E-state index >= 15 is 0 Å². The number of methoxy groups -OCH3 is 4. The fraction of sp³-hybridized carbons (Fsp3) is 0.231. The van der Waals surface area contributed by atoms with Gasteiger partial charge >= 0.3 is 0 Å². The molecule has 0 atom stereocenters. The van der Waals surface area contributed by atoms with Crippen molar-refractivity contribution in [1.29, 1.82) is 0 Å². The Morgan fingerprint density at radius 1 is 0.838 bits per heavy atom. The Morgan fingerprint density at radius 2 is 1.51 bits per heavy atom. The number of anilines is 1. The Labute approximate surface area is 216 Å². The van der Waals surface area contributed by atoms with Gasteiger partial charge in [-0.25, -0.2) is 13.8 Å². The van der Waals surface area contributed by atoms with Gasteiger partial charge in [0, 0.05) is 11.6 Å². The van der Waals surface area contributed by atoms with Crippen LogP contribution in [0.2, 0.25) is 0 Å². The molecule has 0 aliphatic carbocycles. The average Bonchev–Trinajstić information content (AvgIpc) is 2.94. The van der Waals surface area contributed by atoms with Crippen LogP contribution in [-0.2, 0) is 14.8 Å². The van der Waals surface area contributed by atoms with Gasteiger partial charge in [-0.2, -0.15) is 5.10 Å². The lowest BCUT2D eigenvalue weighted by atomic mass is 10.1. The summed E-state index contributed by atoms with van der Waals surface area (Å²) in [5, 5.41) is 4.14. The fourth-order valence-corrected chi connectivity index (χ4v) is 4.90. The minimum atomic E-state index is -4.14. The second-order valence-corrected chi connectivity index (χ2v) is 9.53. The van der Waals surface area contributed by atoms with Gasteiger partial charge in [-0.15, -0.1) is 0 Å². The van der Waals surface area contributed by atoms with Crippen LogP contribution in [0.4, 0.5) is 5.69 Å². The second-order valence-electron chi connectivity index (χ2n) is 7.66. The minimum absolute atomic E-state index is 0.0191. The number of hydrogen-bond acceptors (Lipinski definition) is 8. The summed E-state index contributed by atoms with van der Waals surface area (Å²) < 4.78 is 49.3. The van der Waals surface area contributed by atoms with Gasteiger partial charge in [0.2, 0.25) is 0 Å². The highest BCUT2D eigenvalue weighted by Crippen LogP contribution is 2.35. The molecule has 37 heavy (non-hydrogen) atoms. The zero-order valence-corrected chi connectivity index (χ0v) is 22.0. The van der Waals surface area contributed by atoms with Gasteiger partial charge < -0.3 is 18.9 Å². The summed E-state index contributed by atoms with van der Waals surface area (Å²) in [5.74, 6) is 1.09. The maximum absolute atomic E-state index is 13.6. The van der Waals surface area contributed by atoms with E-state index in [9.17, 15) is 13.2 Å². The van der Waals surface area contributed by atoms with Gasteiger partial charge in [0.15, 0.2) is 11.5 Å². The van der Waals surface area contributed by atoms with Crippen molar-refractivity contribution in [3.8, 4) is 23.0 Å². The van der Waals surface area contributed by atoms with Crippen LogP contribution in [0.5, 0.6) is 23.0 Å². The van der Waals surface area contributed by atoms with Gasteiger partial charge in [0.1, 0.15) is 18.0 Å². The SMILES string of the molecule is COc1ccc(N(CC(=O)N/N=C(/C)c2ccc(OC)c(OC)c2)S(=O)(=O)c2ccccc2)c(OC)c1. The van der Waals surface area contributed by atoms with E-state index in [0.29, 0.717) is 28.5 Å². The molecule has 3 aromatic carbocycles. The zero-order valence-electron chi connectivity index (χ0n) is 21.2. The first-order valence-corrected chi connectivity index (χ1v) is 12.5. The molecule has 0 spiro atoms. The standard InChI is InChI=1S/C26H29N3O7S/c1-18(19-11-14-23(34-3)25(15-19)36-5)27-28-26(30)17-29(37(31,32)21-9-7-6-8-10-21)22-13-12-20(33-2)16-24(22)35-4/h6-16H,17H2,1-5H3,(H,28,30)/b27-18-. The third-order valence-corrected chi connectivity index (χ3v) is 7.20. The Hall–Kier alpha value is -4.25. The molecule has 11 heteroatoms. The number of nitrogens with one attached hydrogen (secondary N) is 1. The Bertz CT molecular complexity index is 1380. The lowest BCUT2D eigenvalue weighted by molar-refractivity contribution is -0.119. The van der Waals surface area contributed by atoms with E-state index in [1.807, 2.05) is 0 Å². The normalized spacial score (nSPS) is 11.4. The van der Waals surface area contributed by atoms with Crippen LogP contribution in [0.3, 0.4) is 0 Å². The topological polar surface area (TPSA) is 116 Å². The number of carbonyl (C=O) groups excluding carboxylic acids is 1. The summed E-state index contributed by atoms with van der Waals surface area (Å²) in [5.41, 5.74) is 3.77. The van der Waals surface area contributed by atoms with Crippen LogP contribution in [-0.4, -0.2) is 55.0 Å². The summed E-state index contributed by atoms with van der Waals surface area (Å²) >= 11 is 0. The van der Waals surface area contributed by atoms with E-state index in [1.54, 1.807) is 55.5 Å². The van der Waals surface area contributed by atoms with Crippen LogP contribution in [0, 0.1) is 0 Å². The first-order valence-electron chi connectivity index (χ1n) is 11.1. The highest BCUT2D eigenvalue weighted by Gasteiger charge is 2.29. The van der Waals surface area contributed by atoms with Crippen LogP contribution in [0.15, 0.2) is 76.7 Å². The summed E-state index contributed by atoms with van der Waals surface area (Å²) in [6, 6.07) is 17.7. The first-order chi connectivity index (χ1) is 17.7. The number of hydrazone groups is 1. The summed E-state index contributed by atoms with van der Waals surface area (Å²) in [4.78, 5) is 13.0. The molecule has 0 aliphatic heterocycles. The van der Waals surface area contributed by atoms with Crippen molar-refractivity contribution in [2.45, 2.75) is 11.8 Å². The average molecular weight is 528 g/mol. The van der Waals surface area contributed by atoms with E-state index in [0.717, 1.165) is 4.31 Å². The summed E-state index contributed by atoms with van der Waals surface area (Å²) in [6.45, 7) is 1.15. The smallest absolute Gasteiger partial charge is 0.264 e. The molecule has 10 nitrogen and oxygen atoms in total. The fourth-order valence-electron chi connectivity index (χ4n) is 3.45. The molecular weight excluding hydrogens is 498 g/mol. The van der Waals surface area contributed by atoms with Crippen LogP contribution >= 0.6 is 0 Å². The van der Waals surface area contributed by atoms with E-state index < -0.39 is 22.5 Å². The monoisotopic (exact) mass is 527 g/mol. The predicted molar refractivity (Wildman–Crippen MR) is 140 cm³/mol. The molecule has 0 saturated carbocycles. The van der Waals surface area contributed by atoms with Crippen molar-refractivity contribution in [1.82, 2.24) is 5.43 Å². The lowest BCUT2D eigenvalue weighted by Crippen LogP contribution is -2.40. The predicted octanol–water partition coefficient (Wildman–Crippen LogP) is 3.46. The number of benzene rings is 3. The van der Waals surface area contributed by atoms with Crippen molar-refractivity contribution in [3.05, 3.63) is 72.3 Å². The molecule has 1 amide bonds. The number of ether oxygens (including phenoxy) is 4. The van der Waals surface area contributed by atoms with Gasteiger partial charge in [-0.1, -0.05) is 18.2 Å². The number of amides is 1. The number of nitrogens with zero attached hydrogens (tertiary/aromatic N) is 2. The lowest BCUT2D eigenvalue weighted by Gasteiger charge is -2.25. The van der Waals surface area contributed by atoms with Crippen LogP contribution in [0.1, 0.15) is 12.5 Å². The van der Waals surface area contributed by atoms with Gasteiger partial charge in [0.25, 0.3) is 15.9 Å². The van der Waals surface area contributed by atoms with Gasteiger partial charge in [0.05, 0.1) is 44.7 Å². The van der Waals surface area contributed by atoms with Crippen molar-refractivity contribution in [2.24, 2.45) is 5.10 Å². The molecule has 196 valence electrons. The molecule has 0 aromatic heterocycles. The van der Waals surface area contributed by atoms with Crippen LogP contribution in [0.25, 0.3) is 0 Å². The molecular formula is C26H29N3O7S. The molecule has 0 heterocycles. The molecule has 3 rings (SSSR count). The van der Waals surface area contributed by atoms with E-state index in [4.69, 9.17) is 18.9 Å². The number of rotatable bonds is 11. The van der Waals surface area contributed by atoms with Crippen LogP contribution < -0.4 is 28.7 Å². The maximum Gasteiger partial charge on any atom is 0.264 e. The van der Waals surface area contributed by atoms with Crippen molar-refractivity contribution in [2.75, 3.05) is 39.3 Å². The Kier molecular flexibility index (Phi) is 8.96. The van der Waals surface area contributed by atoms with Crippen molar-refractivity contribution < 1.29 is 32.2 Å². The second kappa shape index (κ2) is 12.1. The molecule has 3 aromatic rings. The third kappa shape index (κ3) is 6.31. The molecule has 0 aliphatic rings. The highest BCUT2D eigenvalue weighted by atomic mass is 32.2. The summed E-state index contributed by atoms with van der Waals surface area (Å²) in [6.07, 6.45) is 0. The number of carbonyl (C=O) groups is 1. The van der Waals surface area contributed by atoms with Gasteiger partial charge in [-0.3, -0.25) is 9.10 Å². The molecule has 1 N–H and O–H groups in total. The van der Waals surface area contributed by atoms with Crippen molar-refractivity contribution >= 4 is 27.3 Å². The minimum Gasteiger partial charge on any atom is -0.497 e. The Balaban J connectivity index is 1.93. The van der Waals surface area contributed by atoms with Crippen molar-refractivity contribution in [3.63, 3.8) is 0 Å². The number of sulfonamides is 1. The molecule has 0 unspecified atom stereocenters. The molecule has 0 fully saturated rings. The highest BCUT2D eigenvalue weighted by molar-refractivity contribution is 7.92. The zero-order chi connectivity index (χ0) is 27.0. The quantitative estimate of drug-likeness (QED) is 0.300. The maximum atomic E-state index is 13.6. The van der Waals surface area contributed by atoms with E-state index in [2.05, 4.69) is 10.5 Å². The Morgan fingerprint density at radius 3 is 2.14 bits per heavy atom. The third-order valence-electron chi connectivity index (χ3n) is 5.42. The molecule has 0 saturated heterocycles. The number of hydrogen-bond donors (Lipinski definition) is 1. The summed E-state index contributed by atoms with van der Waals surface area (Å²) in [7, 11) is 1.81. The molecule has 0 bridgehead atoms. The largest absolute Gasteiger partial charge is 0.497 e. The van der Waals surface area contributed by atoms with Gasteiger partial charge in [-0.05, 0) is 49.4 Å². The van der Waals surface area contributed by atoms with E-state index in [1.165, 1.54) is 46.6 Å². The first kappa shape index (κ1) is 27.3.